The monoisotopic (exact) mass is 136 g/mol. The van der Waals surface area contributed by atoms with Crippen LogP contribution in [0, 0.1) is 0 Å². The van der Waals surface area contributed by atoms with Gasteiger partial charge in [-0.15, -0.1) is 0 Å². The second-order valence-electron chi connectivity index (χ2n) is 1.02. The molecule has 1 N–H and O–H groups in total. The molecular weight excluding hydrogens is 128 g/mol. The minimum Gasteiger partial charge on any atom is -0.411 e. The lowest BCUT2D eigenvalue weighted by Crippen LogP contribution is -2.05. The van der Waals surface area contributed by atoms with Crippen LogP contribution in [0.2, 0.25) is 0 Å². The quantitative estimate of drug-likeness (QED) is 0.443. The van der Waals surface area contributed by atoms with Crippen LogP contribution in [0.1, 0.15) is 0 Å². The molecular formula is C4H8O3S. The molecule has 4 heteroatoms. The average Bonchev–Trinajstić information content (AvgIpc) is 1.67. The molecule has 0 aromatic heterocycles. The van der Waals surface area contributed by atoms with Gasteiger partial charge in [0.05, 0.1) is 6.26 Å². The van der Waals surface area contributed by atoms with E-state index < -0.39 is 10.5 Å². The smallest absolute Gasteiger partial charge is 0.129 e. The summed E-state index contributed by atoms with van der Waals surface area (Å²) in [4.78, 5) is 0. The summed E-state index contributed by atoms with van der Waals surface area (Å²) in [7, 11) is -3.53. The molecule has 0 aliphatic heterocycles. The summed E-state index contributed by atoms with van der Waals surface area (Å²) in [5.41, 5.74) is 0. The molecule has 8 heavy (non-hydrogen) atoms. The molecule has 0 aromatic carbocycles. The van der Waals surface area contributed by atoms with Gasteiger partial charge in [-0.2, -0.15) is 0 Å². The highest BCUT2D eigenvalue weighted by Gasteiger charge is 1.97. The fourth-order valence-electron chi connectivity index (χ4n) is 0.150. The Morgan fingerprint density at radius 1 is 1.62 bits per heavy atom. The summed E-state index contributed by atoms with van der Waals surface area (Å²) >= 11 is 0. The maximum atomic E-state index is 10.3. The van der Waals surface area contributed by atoms with Crippen LogP contribution in [-0.2, 0) is 14.7 Å². The van der Waals surface area contributed by atoms with Gasteiger partial charge in [-0.3, -0.25) is 4.55 Å². The lowest BCUT2D eigenvalue weighted by atomic mass is 11.2. The van der Waals surface area contributed by atoms with Gasteiger partial charge in [-0.05, 0) is 0 Å². The molecule has 0 atom stereocenters. The highest BCUT2D eigenvalue weighted by atomic mass is 32.3. The summed E-state index contributed by atoms with van der Waals surface area (Å²) < 4.78 is 22.9. The van der Waals surface area contributed by atoms with Gasteiger partial charge in [0.25, 0.3) is 0 Å². The zero-order chi connectivity index (χ0) is 6.62. The fourth-order valence-corrected chi connectivity index (χ4v) is 0.449. The molecule has 0 fully saturated rings. The van der Waals surface area contributed by atoms with Crippen LogP contribution in [0.4, 0.5) is 0 Å². The van der Waals surface area contributed by atoms with Crippen LogP contribution >= 0.6 is 0 Å². The summed E-state index contributed by atoms with van der Waals surface area (Å²) in [5.74, 6) is 0. The van der Waals surface area contributed by atoms with E-state index in [1.165, 1.54) is 0 Å². The van der Waals surface area contributed by atoms with Crippen LogP contribution in [-0.4, -0.2) is 8.76 Å². The van der Waals surface area contributed by atoms with Gasteiger partial charge in [0, 0.05) is 5.41 Å². The summed E-state index contributed by atoms with van der Waals surface area (Å²) in [6, 6.07) is 0. The van der Waals surface area contributed by atoms with Crippen LogP contribution in [0.15, 0.2) is 24.8 Å². The minimum atomic E-state index is -3.53. The molecule has 48 valence electrons. The molecule has 0 saturated carbocycles. The highest BCUT2D eigenvalue weighted by molar-refractivity contribution is 7.96. The Labute approximate surface area is 49.1 Å². The van der Waals surface area contributed by atoms with E-state index in [0.29, 0.717) is 0 Å². The normalized spacial score (nSPS) is 12.1. The Bertz CT molecular complexity index is 140. The SMILES string of the molecule is C=CO[SH](=O)(O)C=C. The number of hydrogen-bond donors (Lipinski definition) is 2. The van der Waals surface area contributed by atoms with E-state index in [2.05, 4.69) is 17.3 Å². The Balaban J connectivity index is 3.91. The third-order valence-electron chi connectivity index (χ3n) is 0.456. The maximum Gasteiger partial charge on any atom is 0.129 e. The summed E-state index contributed by atoms with van der Waals surface area (Å²) in [5, 5.41) is 0.842. The third-order valence-corrected chi connectivity index (χ3v) is 1.37. The molecule has 0 amide bonds. The van der Waals surface area contributed by atoms with Gasteiger partial charge in [0.15, 0.2) is 0 Å². The van der Waals surface area contributed by atoms with Crippen molar-refractivity contribution in [2.75, 3.05) is 0 Å². The molecule has 3 nitrogen and oxygen atoms in total. The third kappa shape index (κ3) is 2.54. The Kier molecular flexibility index (Phi) is 2.44. The van der Waals surface area contributed by atoms with Gasteiger partial charge in [0.1, 0.15) is 10.5 Å². The first kappa shape index (κ1) is 7.39. The topological polar surface area (TPSA) is 46.5 Å². The van der Waals surface area contributed by atoms with Crippen molar-refractivity contribution in [2.45, 2.75) is 0 Å². The van der Waals surface area contributed by atoms with E-state index in [0.717, 1.165) is 11.7 Å². The molecule has 0 saturated heterocycles. The lowest BCUT2D eigenvalue weighted by molar-refractivity contribution is 0.404. The van der Waals surface area contributed by atoms with Crippen molar-refractivity contribution >= 4 is 10.5 Å². The van der Waals surface area contributed by atoms with E-state index in [4.69, 9.17) is 4.55 Å². The number of thiol groups is 1. The van der Waals surface area contributed by atoms with E-state index in [1.807, 2.05) is 0 Å². The standard InChI is InChI=1S/C4H8O3S/c1-3-7-8(5,6)4-2/h3-4,8H,1-2H2,(H,5,6). The average molecular weight is 136 g/mol. The molecule has 0 aliphatic rings. The van der Waals surface area contributed by atoms with Crippen LogP contribution in [0.25, 0.3) is 0 Å². The van der Waals surface area contributed by atoms with Crippen LogP contribution in [0.3, 0.4) is 0 Å². The first-order valence-electron chi connectivity index (χ1n) is 1.88. The van der Waals surface area contributed by atoms with E-state index in [-0.39, 0.29) is 0 Å². The second-order valence-corrected chi connectivity index (χ2v) is 2.72. The molecule has 0 bridgehead atoms. The molecule has 0 radical (unpaired) electrons. The highest BCUT2D eigenvalue weighted by Crippen LogP contribution is 2.00. The summed E-state index contributed by atoms with van der Waals surface area (Å²) in [6.07, 6.45) is 0.905. The maximum absolute atomic E-state index is 10.3. The van der Waals surface area contributed by atoms with E-state index in [9.17, 15) is 4.21 Å². The minimum absolute atomic E-state index is 0.842. The zero-order valence-corrected chi connectivity index (χ0v) is 5.17. The second kappa shape index (κ2) is 2.64. The summed E-state index contributed by atoms with van der Waals surface area (Å²) in [6.45, 7) is 6.16. The van der Waals surface area contributed by atoms with Crippen LogP contribution in [0.5, 0.6) is 0 Å². The van der Waals surface area contributed by atoms with Gasteiger partial charge >= 0.3 is 0 Å². The molecule has 0 rings (SSSR count). The number of rotatable bonds is 3. The first-order chi connectivity index (χ1) is 3.62. The van der Waals surface area contributed by atoms with Crippen molar-refractivity contribution in [1.82, 2.24) is 0 Å². The van der Waals surface area contributed by atoms with Crippen molar-refractivity contribution < 1.29 is 12.9 Å². The first-order valence-corrected chi connectivity index (χ1v) is 3.52. The molecule has 0 unspecified atom stereocenters. The van der Waals surface area contributed by atoms with Crippen molar-refractivity contribution in [3.05, 3.63) is 24.8 Å². The molecule has 0 aliphatic carbocycles. The predicted molar refractivity (Wildman–Crippen MR) is 33.6 cm³/mol. The van der Waals surface area contributed by atoms with Gasteiger partial charge < -0.3 is 4.18 Å². The fraction of sp³-hybridized carbons (Fsp3) is 0. The zero-order valence-electron chi connectivity index (χ0n) is 4.28. The Hall–Kier alpha value is -0.610. The van der Waals surface area contributed by atoms with Crippen molar-refractivity contribution in [3.63, 3.8) is 0 Å². The van der Waals surface area contributed by atoms with Crippen molar-refractivity contribution in [3.8, 4) is 0 Å². The Morgan fingerprint density at radius 3 is 2.25 bits per heavy atom. The molecule has 0 heterocycles. The number of hydrogen-bond acceptors (Lipinski definition) is 2. The van der Waals surface area contributed by atoms with E-state index >= 15 is 0 Å². The van der Waals surface area contributed by atoms with Gasteiger partial charge in [-0.1, -0.05) is 13.2 Å². The molecule has 0 spiro atoms. The predicted octanol–water partition coefficient (Wildman–Crippen LogP) is 0.695. The van der Waals surface area contributed by atoms with Gasteiger partial charge in [0.2, 0.25) is 0 Å². The van der Waals surface area contributed by atoms with E-state index in [1.54, 1.807) is 0 Å². The van der Waals surface area contributed by atoms with Crippen molar-refractivity contribution in [2.24, 2.45) is 0 Å². The molecule has 0 aromatic rings. The lowest BCUT2D eigenvalue weighted by Gasteiger charge is -2.09. The Morgan fingerprint density at radius 2 is 2.12 bits per heavy atom. The van der Waals surface area contributed by atoms with Gasteiger partial charge in [-0.25, -0.2) is 4.21 Å². The largest absolute Gasteiger partial charge is 0.411 e. The van der Waals surface area contributed by atoms with Crippen LogP contribution < -0.4 is 0 Å². The van der Waals surface area contributed by atoms with Crippen molar-refractivity contribution in [1.29, 1.82) is 0 Å².